The highest BCUT2D eigenvalue weighted by Crippen LogP contribution is 2.26. The van der Waals surface area contributed by atoms with Crippen molar-refractivity contribution in [2.45, 2.75) is 58.2 Å². The fraction of sp³-hybridized carbons (Fsp3) is 0.333. The van der Waals surface area contributed by atoms with Crippen molar-refractivity contribution < 1.29 is 23.9 Å². The van der Waals surface area contributed by atoms with Crippen LogP contribution in [0.2, 0.25) is 0 Å². The predicted molar refractivity (Wildman–Crippen MR) is 151 cm³/mol. The lowest BCUT2D eigenvalue weighted by atomic mass is 10.0. The van der Waals surface area contributed by atoms with E-state index in [0.29, 0.717) is 11.3 Å². The number of fused-ring (bicyclic) bond motifs is 1. The number of nitrogens with one attached hydrogen (secondary N) is 2. The number of ether oxygens (including phenoxy) is 1. The fourth-order valence-electron chi connectivity index (χ4n) is 4.24. The first kappa shape index (κ1) is 29.2. The molecule has 0 saturated heterocycles. The Bertz CT molecular complexity index is 1360. The van der Waals surface area contributed by atoms with Crippen molar-refractivity contribution in [3.8, 4) is 0 Å². The molecule has 9 nitrogen and oxygen atoms in total. The second-order valence-electron chi connectivity index (χ2n) is 10.5. The van der Waals surface area contributed by atoms with Crippen LogP contribution in [0, 0.1) is 6.92 Å². The molecule has 4 N–H and O–H groups in total. The van der Waals surface area contributed by atoms with E-state index < -0.39 is 41.5 Å². The van der Waals surface area contributed by atoms with E-state index in [1.54, 1.807) is 32.9 Å². The van der Waals surface area contributed by atoms with E-state index in [2.05, 4.69) is 10.6 Å². The van der Waals surface area contributed by atoms with Crippen molar-refractivity contribution in [2.75, 3.05) is 12.4 Å². The Morgan fingerprint density at radius 3 is 2.28 bits per heavy atom. The summed E-state index contributed by atoms with van der Waals surface area (Å²) in [4.78, 5) is 52.7. The summed E-state index contributed by atoms with van der Waals surface area (Å²) < 4.78 is 5.31. The van der Waals surface area contributed by atoms with E-state index in [1.165, 1.54) is 11.9 Å². The van der Waals surface area contributed by atoms with Crippen molar-refractivity contribution in [1.82, 2.24) is 10.2 Å². The number of primary amides is 1. The first-order chi connectivity index (χ1) is 18.3. The van der Waals surface area contributed by atoms with Gasteiger partial charge in [0.2, 0.25) is 11.8 Å². The molecule has 3 aromatic carbocycles. The molecule has 0 aliphatic heterocycles. The van der Waals surface area contributed by atoms with Crippen LogP contribution in [0.15, 0.2) is 66.7 Å². The zero-order valence-electron chi connectivity index (χ0n) is 23.0. The van der Waals surface area contributed by atoms with E-state index in [9.17, 15) is 19.2 Å². The molecule has 2 atom stereocenters. The predicted octanol–water partition coefficient (Wildman–Crippen LogP) is 4.45. The molecular weight excluding hydrogens is 496 g/mol. The average Bonchev–Trinajstić information content (AvgIpc) is 2.85. The second-order valence-corrected chi connectivity index (χ2v) is 10.5. The number of carbonyl (C=O) groups excluding carboxylic acids is 4. The molecule has 0 heterocycles. The zero-order chi connectivity index (χ0) is 28.7. The van der Waals surface area contributed by atoms with Gasteiger partial charge in [-0.25, -0.2) is 4.79 Å². The standard InChI is InChI=1S/C30H36N4O5/c1-19-9-8-12-22(17-19)26(27(36)32-23-14-13-20-10-6-7-11-21(20)18-23)34(5)28(37)24(15-16-25(31)35)33-29(38)39-30(2,3)4/h6-14,17-18,24,26H,15-16H2,1-5H3,(H2,31,35)(H,32,36)(H,33,38). The van der Waals surface area contributed by atoms with Crippen LogP contribution in [0.1, 0.15) is 50.8 Å². The number of likely N-dealkylation sites (N-methyl/N-ethyl adjacent to an activating group) is 1. The number of carbonyl (C=O) groups is 4. The summed E-state index contributed by atoms with van der Waals surface area (Å²) in [5.74, 6) is -1.62. The van der Waals surface area contributed by atoms with E-state index >= 15 is 0 Å². The SMILES string of the molecule is Cc1cccc(C(C(=O)Nc2ccc3ccccc3c2)N(C)C(=O)C(CCC(N)=O)NC(=O)OC(C)(C)C)c1. The van der Waals surface area contributed by atoms with Gasteiger partial charge in [-0.3, -0.25) is 14.4 Å². The first-order valence-electron chi connectivity index (χ1n) is 12.7. The lowest BCUT2D eigenvalue weighted by Gasteiger charge is -2.31. The Balaban J connectivity index is 1.92. The summed E-state index contributed by atoms with van der Waals surface area (Å²) in [7, 11) is 1.49. The molecule has 3 rings (SSSR count). The third-order valence-corrected chi connectivity index (χ3v) is 6.03. The Morgan fingerprint density at radius 2 is 1.64 bits per heavy atom. The van der Waals surface area contributed by atoms with Gasteiger partial charge in [0.25, 0.3) is 5.91 Å². The van der Waals surface area contributed by atoms with Gasteiger partial charge in [-0.05, 0) is 62.6 Å². The molecule has 39 heavy (non-hydrogen) atoms. The Morgan fingerprint density at radius 1 is 0.949 bits per heavy atom. The van der Waals surface area contributed by atoms with Crippen LogP contribution in [0.5, 0.6) is 0 Å². The summed E-state index contributed by atoms with van der Waals surface area (Å²) in [5, 5.41) is 7.46. The zero-order valence-corrected chi connectivity index (χ0v) is 23.0. The summed E-state index contributed by atoms with van der Waals surface area (Å²) in [5.41, 5.74) is 6.61. The van der Waals surface area contributed by atoms with Crippen molar-refractivity contribution in [3.05, 3.63) is 77.9 Å². The molecule has 0 bridgehead atoms. The van der Waals surface area contributed by atoms with Gasteiger partial charge >= 0.3 is 6.09 Å². The summed E-state index contributed by atoms with van der Waals surface area (Å²) >= 11 is 0. The number of hydrogen-bond acceptors (Lipinski definition) is 5. The molecular formula is C30H36N4O5. The average molecular weight is 533 g/mol. The molecule has 9 heteroatoms. The molecule has 2 unspecified atom stereocenters. The Kier molecular flexibility index (Phi) is 9.29. The van der Waals surface area contributed by atoms with Gasteiger partial charge in [0.15, 0.2) is 0 Å². The quantitative estimate of drug-likeness (QED) is 0.375. The lowest BCUT2D eigenvalue weighted by molar-refractivity contribution is -0.139. The first-order valence-corrected chi connectivity index (χ1v) is 12.7. The number of rotatable bonds is 9. The minimum Gasteiger partial charge on any atom is -0.444 e. The highest BCUT2D eigenvalue weighted by Gasteiger charge is 2.34. The van der Waals surface area contributed by atoms with Crippen LogP contribution in [0.4, 0.5) is 10.5 Å². The molecule has 4 amide bonds. The maximum Gasteiger partial charge on any atom is 0.408 e. The normalized spacial score (nSPS) is 12.7. The van der Waals surface area contributed by atoms with Gasteiger partial charge in [0.05, 0.1) is 0 Å². The van der Waals surface area contributed by atoms with Crippen molar-refractivity contribution in [2.24, 2.45) is 5.73 Å². The monoisotopic (exact) mass is 532 g/mol. The molecule has 0 aliphatic rings. The van der Waals surface area contributed by atoms with Gasteiger partial charge in [-0.15, -0.1) is 0 Å². The largest absolute Gasteiger partial charge is 0.444 e. The van der Waals surface area contributed by atoms with Crippen molar-refractivity contribution in [1.29, 1.82) is 0 Å². The topological polar surface area (TPSA) is 131 Å². The van der Waals surface area contributed by atoms with E-state index in [1.807, 2.05) is 61.5 Å². The fourth-order valence-corrected chi connectivity index (χ4v) is 4.24. The third-order valence-electron chi connectivity index (χ3n) is 6.03. The maximum absolute atomic E-state index is 13.7. The highest BCUT2D eigenvalue weighted by molar-refractivity contribution is 6.00. The van der Waals surface area contributed by atoms with Crippen molar-refractivity contribution in [3.63, 3.8) is 0 Å². The molecule has 0 aromatic heterocycles. The molecule has 0 radical (unpaired) electrons. The second kappa shape index (κ2) is 12.4. The molecule has 0 spiro atoms. The van der Waals surface area contributed by atoms with Crippen LogP contribution in [-0.4, -0.2) is 47.4 Å². The van der Waals surface area contributed by atoms with Gasteiger partial charge in [-0.2, -0.15) is 0 Å². The minimum absolute atomic E-state index is 0.0510. The summed E-state index contributed by atoms with van der Waals surface area (Å²) in [6.07, 6.45) is -1.00. The van der Waals surface area contributed by atoms with Crippen LogP contribution in [-0.2, 0) is 19.1 Å². The number of nitrogens with two attached hydrogens (primary N) is 1. The Hall–Kier alpha value is -4.40. The highest BCUT2D eigenvalue weighted by atomic mass is 16.6. The van der Waals surface area contributed by atoms with Gasteiger partial charge in [0, 0.05) is 19.2 Å². The smallest absolute Gasteiger partial charge is 0.408 e. The van der Waals surface area contributed by atoms with E-state index in [0.717, 1.165) is 16.3 Å². The minimum atomic E-state index is -1.14. The molecule has 3 aromatic rings. The summed E-state index contributed by atoms with van der Waals surface area (Å²) in [6.45, 7) is 6.99. The number of aryl methyl sites for hydroxylation is 1. The number of benzene rings is 3. The van der Waals surface area contributed by atoms with Crippen molar-refractivity contribution >= 4 is 40.3 Å². The molecule has 0 saturated carbocycles. The van der Waals surface area contributed by atoms with E-state index in [-0.39, 0.29) is 12.8 Å². The maximum atomic E-state index is 13.7. The van der Waals surface area contributed by atoms with E-state index in [4.69, 9.17) is 10.5 Å². The Labute approximate surface area is 228 Å². The van der Waals surface area contributed by atoms with Crippen LogP contribution in [0.3, 0.4) is 0 Å². The number of alkyl carbamates (subject to hydrolysis) is 1. The lowest BCUT2D eigenvalue weighted by Crippen LogP contribution is -2.51. The number of nitrogens with zero attached hydrogens (tertiary/aromatic N) is 1. The number of hydrogen-bond donors (Lipinski definition) is 3. The summed E-state index contributed by atoms with van der Waals surface area (Å²) in [6, 6.07) is 18.5. The van der Waals surface area contributed by atoms with Gasteiger partial charge in [0.1, 0.15) is 17.7 Å². The molecule has 0 fully saturated rings. The van der Waals surface area contributed by atoms with Gasteiger partial charge in [-0.1, -0.05) is 60.2 Å². The van der Waals surface area contributed by atoms with Gasteiger partial charge < -0.3 is 26.0 Å². The molecule has 206 valence electrons. The number of anilines is 1. The van der Waals surface area contributed by atoms with Crippen LogP contribution >= 0.6 is 0 Å². The van der Waals surface area contributed by atoms with Crippen LogP contribution < -0.4 is 16.4 Å². The molecule has 0 aliphatic carbocycles. The number of amides is 4. The van der Waals surface area contributed by atoms with Crippen LogP contribution in [0.25, 0.3) is 10.8 Å². The third kappa shape index (κ3) is 8.29.